The van der Waals surface area contributed by atoms with E-state index in [0.29, 0.717) is 29.3 Å². The Labute approximate surface area is 115 Å². The first kappa shape index (κ1) is 13.7. The van der Waals surface area contributed by atoms with Gasteiger partial charge < -0.3 is 20.6 Å². The summed E-state index contributed by atoms with van der Waals surface area (Å²) in [6.45, 7) is 1.91. The molecule has 0 unspecified atom stereocenters. The summed E-state index contributed by atoms with van der Waals surface area (Å²) < 4.78 is 5.34. The van der Waals surface area contributed by atoms with Crippen LogP contribution in [0.1, 0.15) is 32.2 Å². The molecular formula is C14H14N2O4. The van der Waals surface area contributed by atoms with Crippen molar-refractivity contribution in [1.29, 1.82) is 0 Å². The van der Waals surface area contributed by atoms with E-state index in [1.807, 2.05) is 0 Å². The molecule has 6 nitrogen and oxygen atoms in total. The average molecular weight is 274 g/mol. The molecule has 104 valence electrons. The molecule has 0 aliphatic rings. The molecular weight excluding hydrogens is 260 g/mol. The van der Waals surface area contributed by atoms with Crippen molar-refractivity contribution in [3.63, 3.8) is 0 Å². The Morgan fingerprint density at radius 2 is 2.10 bits per heavy atom. The predicted octanol–water partition coefficient (Wildman–Crippen LogP) is 2.00. The van der Waals surface area contributed by atoms with Crippen LogP contribution in [0.2, 0.25) is 0 Å². The van der Waals surface area contributed by atoms with Crippen LogP contribution in [-0.4, -0.2) is 17.0 Å². The highest BCUT2D eigenvalue weighted by Crippen LogP contribution is 2.17. The average Bonchev–Trinajstić information content (AvgIpc) is 2.78. The maximum atomic E-state index is 11.1. The number of primary amides is 1. The molecule has 20 heavy (non-hydrogen) atoms. The monoisotopic (exact) mass is 274 g/mol. The van der Waals surface area contributed by atoms with E-state index in [9.17, 15) is 9.59 Å². The van der Waals surface area contributed by atoms with Gasteiger partial charge in [-0.2, -0.15) is 0 Å². The second kappa shape index (κ2) is 5.48. The molecule has 0 aliphatic carbocycles. The lowest BCUT2D eigenvalue weighted by molar-refractivity contribution is 0.0694. The molecule has 1 amide bonds. The van der Waals surface area contributed by atoms with Gasteiger partial charge in [-0.1, -0.05) is 6.07 Å². The molecule has 2 aromatic rings. The molecule has 2 rings (SSSR count). The van der Waals surface area contributed by atoms with E-state index < -0.39 is 11.9 Å². The van der Waals surface area contributed by atoms with Gasteiger partial charge in [0.1, 0.15) is 17.1 Å². The molecule has 0 saturated carbocycles. The molecule has 0 bridgehead atoms. The summed E-state index contributed by atoms with van der Waals surface area (Å²) >= 11 is 0. The van der Waals surface area contributed by atoms with Gasteiger partial charge in [0, 0.05) is 11.3 Å². The number of anilines is 1. The maximum absolute atomic E-state index is 11.1. The van der Waals surface area contributed by atoms with Crippen LogP contribution in [0.25, 0.3) is 0 Å². The number of aryl methyl sites for hydroxylation is 1. The van der Waals surface area contributed by atoms with Gasteiger partial charge in [-0.3, -0.25) is 4.79 Å². The summed E-state index contributed by atoms with van der Waals surface area (Å²) in [5.74, 6) is -0.659. The van der Waals surface area contributed by atoms with Crippen molar-refractivity contribution < 1.29 is 19.1 Å². The highest BCUT2D eigenvalue weighted by Gasteiger charge is 2.13. The summed E-state index contributed by atoms with van der Waals surface area (Å²) in [6, 6.07) is 8.20. The Morgan fingerprint density at radius 3 is 2.70 bits per heavy atom. The third-order valence-corrected chi connectivity index (χ3v) is 2.81. The largest absolute Gasteiger partial charge is 0.478 e. The zero-order chi connectivity index (χ0) is 14.7. The van der Waals surface area contributed by atoms with Crippen molar-refractivity contribution in [1.82, 2.24) is 0 Å². The first-order valence-electron chi connectivity index (χ1n) is 5.93. The fourth-order valence-electron chi connectivity index (χ4n) is 1.81. The van der Waals surface area contributed by atoms with Gasteiger partial charge in [-0.05, 0) is 31.2 Å². The molecule has 1 aromatic heterocycles. The summed E-state index contributed by atoms with van der Waals surface area (Å²) in [5, 5.41) is 12.0. The molecule has 0 aliphatic heterocycles. The number of amides is 1. The first-order valence-corrected chi connectivity index (χ1v) is 5.93. The van der Waals surface area contributed by atoms with E-state index in [1.54, 1.807) is 31.2 Å². The summed E-state index contributed by atoms with van der Waals surface area (Å²) in [5.41, 5.74) is 6.44. The van der Waals surface area contributed by atoms with Gasteiger partial charge in [0.05, 0.1) is 6.54 Å². The van der Waals surface area contributed by atoms with Crippen LogP contribution >= 0.6 is 0 Å². The third-order valence-electron chi connectivity index (χ3n) is 2.81. The van der Waals surface area contributed by atoms with E-state index in [0.717, 1.165) is 0 Å². The van der Waals surface area contributed by atoms with Crippen molar-refractivity contribution in [2.75, 3.05) is 5.32 Å². The highest BCUT2D eigenvalue weighted by molar-refractivity contribution is 5.93. The molecule has 4 N–H and O–H groups in total. The number of aromatic carboxylic acids is 1. The van der Waals surface area contributed by atoms with Crippen LogP contribution in [0.4, 0.5) is 5.69 Å². The Bertz CT molecular complexity index is 661. The predicted molar refractivity (Wildman–Crippen MR) is 72.7 cm³/mol. The summed E-state index contributed by atoms with van der Waals surface area (Å²) in [7, 11) is 0. The Balaban J connectivity index is 2.09. The SMILES string of the molecule is Cc1oc(CNc2cccc(C(N)=O)c2)cc1C(=O)O. The van der Waals surface area contributed by atoms with Crippen molar-refractivity contribution in [2.24, 2.45) is 5.73 Å². The smallest absolute Gasteiger partial charge is 0.339 e. The highest BCUT2D eigenvalue weighted by atomic mass is 16.4. The lowest BCUT2D eigenvalue weighted by Crippen LogP contribution is -2.11. The normalized spacial score (nSPS) is 10.2. The number of hydrogen-bond donors (Lipinski definition) is 3. The zero-order valence-corrected chi connectivity index (χ0v) is 10.8. The zero-order valence-electron chi connectivity index (χ0n) is 10.8. The molecule has 1 aromatic carbocycles. The topological polar surface area (TPSA) is 106 Å². The number of benzene rings is 1. The van der Waals surface area contributed by atoms with E-state index >= 15 is 0 Å². The standard InChI is InChI=1S/C14H14N2O4/c1-8-12(14(18)19)6-11(20-8)7-16-10-4-2-3-9(5-10)13(15)17/h2-6,16H,7H2,1H3,(H2,15,17)(H,18,19). The van der Waals surface area contributed by atoms with E-state index in [1.165, 1.54) is 6.07 Å². The number of carbonyl (C=O) groups is 2. The number of carboxylic acid groups (broad SMARTS) is 1. The second-order valence-electron chi connectivity index (χ2n) is 4.29. The summed E-state index contributed by atoms with van der Waals surface area (Å²) in [4.78, 5) is 22.0. The number of nitrogens with two attached hydrogens (primary N) is 1. The van der Waals surface area contributed by atoms with Gasteiger partial charge in [-0.25, -0.2) is 4.79 Å². The minimum atomic E-state index is -1.02. The summed E-state index contributed by atoms with van der Waals surface area (Å²) in [6.07, 6.45) is 0. The molecule has 0 spiro atoms. The molecule has 1 heterocycles. The minimum Gasteiger partial charge on any atom is -0.478 e. The maximum Gasteiger partial charge on any atom is 0.339 e. The fraction of sp³-hybridized carbons (Fsp3) is 0.143. The fourth-order valence-corrected chi connectivity index (χ4v) is 1.81. The van der Waals surface area contributed by atoms with Crippen LogP contribution in [0, 0.1) is 6.92 Å². The quantitative estimate of drug-likeness (QED) is 0.773. The number of furan rings is 1. The number of hydrogen-bond acceptors (Lipinski definition) is 4. The van der Waals surface area contributed by atoms with Gasteiger partial charge >= 0.3 is 5.97 Å². The lowest BCUT2D eigenvalue weighted by Gasteiger charge is -2.05. The Morgan fingerprint density at radius 1 is 1.35 bits per heavy atom. The van der Waals surface area contributed by atoms with Crippen LogP contribution in [0.15, 0.2) is 34.7 Å². The van der Waals surface area contributed by atoms with Gasteiger partial charge in [-0.15, -0.1) is 0 Å². The lowest BCUT2D eigenvalue weighted by atomic mass is 10.2. The molecule has 0 radical (unpaired) electrons. The number of carboxylic acids is 1. The van der Waals surface area contributed by atoms with Crippen molar-refractivity contribution in [2.45, 2.75) is 13.5 Å². The van der Waals surface area contributed by atoms with Crippen LogP contribution in [0.3, 0.4) is 0 Å². The van der Waals surface area contributed by atoms with Crippen LogP contribution < -0.4 is 11.1 Å². The van der Waals surface area contributed by atoms with Gasteiger partial charge in [0.15, 0.2) is 0 Å². The van der Waals surface area contributed by atoms with Crippen LogP contribution in [-0.2, 0) is 6.54 Å². The third kappa shape index (κ3) is 2.97. The minimum absolute atomic E-state index is 0.146. The van der Waals surface area contributed by atoms with Crippen molar-refractivity contribution in [3.05, 3.63) is 53.0 Å². The Hall–Kier alpha value is -2.76. The molecule has 0 saturated heterocycles. The first-order chi connectivity index (χ1) is 9.47. The molecule has 6 heteroatoms. The van der Waals surface area contributed by atoms with Crippen LogP contribution in [0.5, 0.6) is 0 Å². The number of carbonyl (C=O) groups excluding carboxylic acids is 1. The van der Waals surface area contributed by atoms with E-state index in [4.69, 9.17) is 15.3 Å². The molecule has 0 fully saturated rings. The number of rotatable bonds is 5. The van der Waals surface area contributed by atoms with Crippen molar-refractivity contribution in [3.8, 4) is 0 Å². The second-order valence-corrected chi connectivity index (χ2v) is 4.29. The van der Waals surface area contributed by atoms with Gasteiger partial charge in [0.25, 0.3) is 0 Å². The van der Waals surface area contributed by atoms with Gasteiger partial charge in [0.2, 0.25) is 5.91 Å². The number of nitrogens with one attached hydrogen (secondary N) is 1. The Kier molecular flexibility index (Phi) is 3.74. The van der Waals surface area contributed by atoms with E-state index in [-0.39, 0.29) is 5.56 Å². The van der Waals surface area contributed by atoms with Crippen molar-refractivity contribution >= 4 is 17.6 Å². The van der Waals surface area contributed by atoms with E-state index in [2.05, 4.69) is 5.32 Å². The molecule has 0 atom stereocenters.